The molecule has 0 unspecified atom stereocenters. The second kappa shape index (κ2) is 6.04. The van der Waals surface area contributed by atoms with Gasteiger partial charge in [-0.15, -0.1) is 0 Å². The molecule has 1 fully saturated rings. The molecular formula is C13H15ClN2O3. The van der Waals surface area contributed by atoms with Gasteiger partial charge < -0.3 is 15.0 Å². The second-order valence-electron chi connectivity index (χ2n) is 4.28. The van der Waals surface area contributed by atoms with Gasteiger partial charge in [0.2, 0.25) is 0 Å². The van der Waals surface area contributed by atoms with Crippen molar-refractivity contribution in [3.8, 4) is 0 Å². The summed E-state index contributed by atoms with van der Waals surface area (Å²) in [6.45, 7) is 3.67. The van der Waals surface area contributed by atoms with Gasteiger partial charge in [-0.2, -0.15) is 0 Å². The summed E-state index contributed by atoms with van der Waals surface area (Å²) in [6, 6.07) is 4.67. The number of carbonyl (C=O) groups is 2. The summed E-state index contributed by atoms with van der Waals surface area (Å²) < 4.78 is 5.18. The topological polar surface area (TPSA) is 58.6 Å². The third kappa shape index (κ3) is 3.45. The first-order valence-corrected chi connectivity index (χ1v) is 6.40. The van der Waals surface area contributed by atoms with Gasteiger partial charge in [0, 0.05) is 24.3 Å². The molecule has 1 aromatic carbocycles. The minimum Gasteiger partial charge on any atom is -0.378 e. The molecule has 0 spiro atoms. The van der Waals surface area contributed by atoms with Crippen LogP contribution in [0.25, 0.3) is 0 Å². The van der Waals surface area contributed by atoms with Gasteiger partial charge in [0.05, 0.1) is 18.2 Å². The molecule has 1 N–H and O–H groups in total. The second-order valence-corrected chi connectivity index (χ2v) is 4.69. The van der Waals surface area contributed by atoms with Gasteiger partial charge in [0.25, 0.3) is 0 Å². The maximum Gasteiger partial charge on any atom is 0.321 e. The van der Waals surface area contributed by atoms with Crippen molar-refractivity contribution in [2.24, 2.45) is 0 Å². The van der Waals surface area contributed by atoms with E-state index in [4.69, 9.17) is 16.3 Å². The average Bonchev–Trinajstić information content (AvgIpc) is 2.41. The van der Waals surface area contributed by atoms with Crippen molar-refractivity contribution in [1.29, 1.82) is 0 Å². The Morgan fingerprint density at radius 3 is 2.63 bits per heavy atom. The molecule has 6 heteroatoms. The smallest absolute Gasteiger partial charge is 0.321 e. The molecule has 0 aromatic heterocycles. The lowest BCUT2D eigenvalue weighted by molar-refractivity contribution is 0.0564. The van der Waals surface area contributed by atoms with E-state index in [2.05, 4.69) is 5.32 Å². The first kappa shape index (κ1) is 13.8. The van der Waals surface area contributed by atoms with E-state index in [1.54, 1.807) is 23.1 Å². The van der Waals surface area contributed by atoms with E-state index >= 15 is 0 Å². The molecule has 0 saturated carbocycles. The van der Waals surface area contributed by atoms with Crippen LogP contribution in [0.5, 0.6) is 0 Å². The quantitative estimate of drug-likeness (QED) is 0.848. The number of amides is 2. The maximum atomic E-state index is 12.0. The molecule has 0 radical (unpaired) electrons. The summed E-state index contributed by atoms with van der Waals surface area (Å²) in [5.74, 6) is -0.132. The van der Waals surface area contributed by atoms with Gasteiger partial charge in [-0.1, -0.05) is 11.6 Å². The predicted octanol–water partition coefficient (Wildman–Crippen LogP) is 2.41. The number of anilines is 1. The summed E-state index contributed by atoms with van der Waals surface area (Å²) in [6.07, 6.45) is 0. The SMILES string of the molecule is CC(=O)c1cc(NC(=O)N2CCOCC2)ccc1Cl. The molecule has 1 saturated heterocycles. The lowest BCUT2D eigenvalue weighted by Crippen LogP contribution is -2.43. The van der Waals surface area contributed by atoms with Crippen LogP contribution in [-0.4, -0.2) is 43.0 Å². The number of urea groups is 1. The van der Waals surface area contributed by atoms with E-state index in [1.807, 2.05) is 0 Å². The largest absolute Gasteiger partial charge is 0.378 e. The summed E-state index contributed by atoms with van der Waals surface area (Å²) >= 11 is 5.92. The minimum atomic E-state index is -0.194. The highest BCUT2D eigenvalue weighted by molar-refractivity contribution is 6.34. The van der Waals surface area contributed by atoms with Crippen molar-refractivity contribution in [2.75, 3.05) is 31.6 Å². The Morgan fingerprint density at radius 2 is 2.00 bits per heavy atom. The van der Waals surface area contributed by atoms with Crippen LogP contribution in [0.15, 0.2) is 18.2 Å². The zero-order valence-electron chi connectivity index (χ0n) is 10.6. The third-order valence-corrected chi connectivity index (χ3v) is 3.22. The molecule has 1 aliphatic rings. The summed E-state index contributed by atoms with van der Waals surface area (Å²) in [7, 11) is 0. The Labute approximate surface area is 116 Å². The molecule has 19 heavy (non-hydrogen) atoms. The van der Waals surface area contributed by atoms with Gasteiger partial charge >= 0.3 is 6.03 Å². The van der Waals surface area contributed by atoms with Crippen LogP contribution < -0.4 is 5.32 Å². The number of ether oxygens (including phenoxy) is 1. The first-order valence-electron chi connectivity index (χ1n) is 6.02. The Morgan fingerprint density at radius 1 is 1.32 bits per heavy atom. The number of hydrogen-bond acceptors (Lipinski definition) is 3. The highest BCUT2D eigenvalue weighted by Gasteiger charge is 2.17. The zero-order valence-corrected chi connectivity index (χ0v) is 11.4. The van der Waals surface area contributed by atoms with Crippen molar-refractivity contribution in [3.05, 3.63) is 28.8 Å². The van der Waals surface area contributed by atoms with Gasteiger partial charge in [0.15, 0.2) is 5.78 Å². The van der Waals surface area contributed by atoms with Crippen LogP contribution in [0.3, 0.4) is 0 Å². The Balaban J connectivity index is 2.08. The fraction of sp³-hybridized carbons (Fsp3) is 0.385. The Hall–Kier alpha value is -1.59. The van der Waals surface area contributed by atoms with Gasteiger partial charge in [0.1, 0.15) is 0 Å². The molecule has 0 atom stereocenters. The third-order valence-electron chi connectivity index (χ3n) is 2.90. The number of rotatable bonds is 2. The van der Waals surface area contributed by atoms with Crippen LogP contribution in [0, 0.1) is 0 Å². The summed E-state index contributed by atoms with van der Waals surface area (Å²) in [5.41, 5.74) is 0.965. The van der Waals surface area contributed by atoms with E-state index in [-0.39, 0.29) is 11.8 Å². The monoisotopic (exact) mass is 282 g/mol. The number of benzene rings is 1. The molecule has 102 valence electrons. The van der Waals surface area contributed by atoms with Crippen LogP contribution >= 0.6 is 11.6 Å². The molecule has 2 amide bonds. The standard InChI is InChI=1S/C13H15ClN2O3/c1-9(17)11-8-10(2-3-12(11)14)15-13(18)16-4-6-19-7-5-16/h2-3,8H,4-7H2,1H3,(H,15,18). The van der Waals surface area contributed by atoms with E-state index in [1.165, 1.54) is 6.92 Å². The Kier molecular flexibility index (Phi) is 4.39. The number of carbonyl (C=O) groups excluding carboxylic acids is 2. The van der Waals surface area contributed by atoms with Crippen LogP contribution in [-0.2, 0) is 4.74 Å². The van der Waals surface area contributed by atoms with Gasteiger partial charge in [-0.05, 0) is 25.1 Å². The summed E-state index contributed by atoms with van der Waals surface area (Å²) in [4.78, 5) is 25.0. The van der Waals surface area contributed by atoms with Crippen molar-refractivity contribution in [1.82, 2.24) is 4.90 Å². The molecule has 1 heterocycles. The maximum absolute atomic E-state index is 12.0. The highest BCUT2D eigenvalue weighted by Crippen LogP contribution is 2.21. The molecule has 1 aliphatic heterocycles. The van der Waals surface area contributed by atoms with Crippen molar-refractivity contribution in [2.45, 2.75) is 6.92 Å². The number of hydrogen-bond donors (Lipinski definition) is 1. The number of morpholine rings is 1. The Bertz CT molecular complexity index is 499. The summed E-state index contributed by atoms with van der Waals surface area (Å²) in [5, 5.41) is 3.14. The molecular weight excluding hydrogens is 268 g/mol. The zero-order chi connectivity index (χ0) is 13.8. The van der Waals surface area contributed by atoms with Crippen molar-refractivity contribution < 1.29 is 14.3 Å². The van der Waals surface area contributed by atoms with E-state index in [9.17, 15) is 9.59 Å². The number of Topliss-reactive ketones (excluding diaryl/α,β-unsaturated/α-hetero) is 1. The van der Waals surface area contributed by atoms with Crippen LogP contribution in [0.4, 0.5) is 10.5 Å². The predicted molar refractivity (Wildman–Crippen MR) is 72.9 cm³/mol. The number of nitrogens with zero attached hydrogens (tertiary/aromatic N) is 1. The van der Waals surface area contributed by atoms with Crippen molar-refractivity contribution in [3.63, 3.8) is 0 Å². The fourth-order valence-electron chi connectivity index (χ4n) is 1.84. The number of halogens is 1. The number of nitrogens with one attached hydrogen (secondary N) is 1. The van der Waals surface area contributed by atoms with Crippen molar-refractivity contribution >= 4 is 29.1 Å². The molecule has 2 rings (SSSR count). The number of ketones is 1. The highest BCUT2D eigenvalue weighted by atomic mass is 35.5. The fourth-order valence-corrected chi connectivity index (χ4v) is 2.09. The lowest BCUT2D eigenvalue weighted by Gasteiger charge is -2.27. The van der Waals surface area contributed by atoms with E-state index < -0.39 is 0 Å². The van der Waals surface area contributed by atoms with Gasteiger partial charge in [-0.25, -0.2) is 4.79 Å². The van der Waals surface area contributed by atoms with E-state index in [0.717, 1.165) is 0 Å². The van der Waals surface area contributed by atoms with Gasteiger partial charge in [-0.3, -0.25) is 4.79 Å². The van der Waals surface area contributed by atoms with Crippen LogP contribution in [0.1, 0.15) is 17.3 Å². The molecule has 5 nitrogen and oxygen atoms in total. The minimum absolute atomic E-state index is 0.132. The van der Waals surface area contributed by atoms with E-state index in [0.29, 0.717) is 42.6 Å². The molecule has 1 aromatic rings. The lowest BCUT2D eigenvalue weighted by atomic mass is 10.1. The average molecular weight is 283 g/mol. The molecule has 0 bridgehead atoms. The first-order chi connectivity index (χ1) is 9.08. The van der Waals surface area contributed by atoms with Crippen LogP contribution in [0.2, 0.25) is 5.02 Å². The molecule has 0 aliphatic carbocycles. The normalized spacial score (nSPS) is 15.2.